The van der Waals surface area contributed by atoms with E-state index in [9.17, 15) is 13.9 Å². The molecule has 5 heteroatoms. The van der Waals surface area contributed by atoms with Crippen LogP contribution in [0.2, 0.25) is 5.02 Å². The van der Waals surface area contributed by atoms with Crippen molar-refractivity contribution in [2.45, 2.75) is 6.10 Å². The largest absolute Gasteiger partial charge is 0.387 e. The first-order valence-corrected chi connectivity index (χ1v) is 6.06. The van der Waals surface area contributed by atoms with Gasteiger partial charge in [-0.05, 0) is 35.9 Å². The van der Waals surface area contributed by atoms with Crippen LogP contribution >= 0.6 is 11.6 Å². The van der Waals surface area contributed by atoms with Gasteiger partial charge in [0.25, 0.3) is 0 Å². The molecule has 0 radical (unpaired) electrons. The fourth-order valence-corrected chi connectivity index (χ4v) is 1.81. The van der Waals surface area contributed by atoms with Gasteiger partial charge in [-0.3, -0.25) is 0 Å². The quantitative estimate of drug-likeness (QED) is 0.895. The Morgan fingerprint density at radius 3 is 2.47 bits per heavy atom. The summed E-state index contributed by atoms with van der Waals surface area (Å²) in [6.45, 7) is 0.100. The van der Waals surface area contributed by atoms with E-state index in [1.165, 1.54) is 42.5 Å². The first kappa shape index (κ1) is 13.8. The maximum Gasteiger partial charge on any atom is 0.146 e. The zero-order valence-electron chi connectivity index (χ0n) is 9.91. The van der Waals surface area contributed by atoms with E-state index in [4.69, 9.17) is 11.6 Å². The molecule has 0 aliphatic carbocycles. The van der Waals surface area contributed by atoms with Crippen molar-refractivity contribution >= 4 is 17.3 Å². The molecule has 2 rings (SSSR count). The Kier molecular flexibility index (Phi) is 4.35. The molecule has 0 bridgehead atoms. The fraction of sp³-hybridized carbons (Fsp3) is 0.143. The maximum atomic E-state index is 13.4. The van der Waals surface area contributed by atoms with Crippen molar-refractivity contribution in [3.8, 4) is 0 Å². The molecular weight excluding hydrogens is 272 g/mol. The third kappa shape index (κ3) is 3.66. The number of halogens is 3. The second-order valence-electron chi connectivity index (χ2n) is 4.07. The number of hydrogen-bond donors (Lipinski definition) is 2. The van der Waals surface area contributed by atoms with Gasteiger partial charge in [0.05, 0.1) is 11.8 Å². The van der Waals surface area contributed by atoms with Gasteiger partial charge in [0.15, 0.2) is 0 Å². The summed E-state index contributed by atoms with van der Waals surface area (Å²) in [4.78, 5) is 0. The number of benzene rings is 2. The van der Waals surface area contributed by atoms with Crippen molar-refractivity contribution in [1.82, 2.24) is 0 Å². The van der Waals surface area contributed by atoms with E-state index >= 15 is 0 Å². The molecule has 2 aromatic rings. The molecule has 0 saturated carbocycles. The third-order valence-corrected chi connectivity index (χ3v) is 2.90. The van der Waals surface area contributed by atoms with Gasteiger partial charge in [-0.2, -0.15) is 0 Å². The van der Waals surface area contributed by atoms with Crippen molar-refractivity contribution in [2.24, 2.45) is 0 Å². The molecule has 1 unspecified atom stereocenters. The van der Waals surface area contributed by atoms with Crippen molar-refractivity contribution in [2.75, 3.05) is 11.9 Å². The van der Waals surface area contributed by atoms with Crippen LogP contribution in [-0.2, 0) is 0 Å². The minimum absolute atomic E-state index is 0.100. The highest BCUT2D eigenvalue weighted by molar-refractivity contribution is 6.30. The Hall–Kier alpha value is -1.65. The van der Waals surface area contributed by atoms with E-state index in [2.05, 4.69) is 5.32 Å². The third-order valence-electron chi connectivity index (χ3n) is 2.67. The van der Waals surface area contributed by atoms with Crippen LogP contribution in [0.5, 0.6) is 0 Å². The highest BCUT2D eigenvalue weighted by atomic mass is 35.5. The summed E-state index contributed by atoms with van der Waals surface area (Å²) in [6.07, 6.45) is -0.862. The Bertz CT molecular complexity index is 560. The van der Waals surface area contributed by atoms with E-state index in [-0.39, 0.29) is 18.0 Å². The Balaban J connectivity index is 2.02. The van der Waals surface area contributed by atoms with Crippen LogP contribution in [0.25, 0.3) is 0 Å². The van der Waals surface area contributed by atoms with E-state index in [0.717, 1.165) is 0 Å². The van der Waals surface area contributed by atoms with Crippen molar-refractivity contribution < 1.29 is 13.9 Å². The Labute approximate surface area is 114 Å². The van der Waals surface area contributed by atoms with Gasteiger partial charge < -0.3 is 10.4 Å². The summed E-state index contributed by atoms with van der Waals surface area (Å²) in [5.74, 6) is -0.819. The highest BCUT2D eigenvalue weighted by Gasteiger charge is 2.09. The van der Waals surface area contributed by atoms with Crippen LogP contribution in [0, 0.1) is 11.6 Å². The van der Waals surface area contributed by atoms with Crippen LogP contribution < -0.4 is 5.32 Å². The normalized spacial score (nSPS) is 12.2. The average molecular weight is 284 g/mol. The molecule has 0 aliphatic rings. The molecule has 0 heterocycles. The van der Waals surface area contributed by atoms with Crippen LogP contribution in [0.1, 0.15) is 11.7 Å². The Morgan fingerprint density at radius 2 is 1.79 bits per heavy atom. The van der Waals surface area contributed by atoms with Crippen molar-refractivity contribution in [1.29, 1.82) is 0 Å². The molecule has 0 aromatic heterocycles. The van der Waals surface area contributed by atoms with Gasteiger partial charge in [0, 0.05) is 11.6 Å². The number of rotatable bonds is 4. The Morgan fingerprint density at radius 1 is 1.11 bits per heavy atom. The number of nitrogens with one attached hydrogen (secondary N) is 1. The van der Waals surface area contributed by atoms with Gasteiger partial charge in [-0.25, -0.2) is 8.78 Å². The van der Waals surface area contributed by atoms with E-state index in [1.807, 2.05) is 0 Å². The molecule has 2 N–H and O–H groups in total. The van der Waals surface area contributed by atoms with Gasteiger partial charge >= 0.3 is 0 Å². The lowest BCUT2D eigenvalue weighted by molar-refractivity contribution is 0.191. The van der Waals surface area contributed by atoms with E-state index in [1.54, 1.807) is 0 Å². The minimum atomic E-state index is -0.862. The highest BCUT2D eigenvalue weighted by Crippen LogP contribution is 2.21. The zero-order valence-corrected chi connectivity index (χ0v) is 10.7. The van der Waals surface area contributed by atoms with Gasteiger partial charge in [0.2, 0.25) is 0 Å². The standard InChI is InChI=1S/C14H12ClF2NO/c15-10-3-6-12(17)13(7-10)18-8-14(19)9-1-4-11(16)5-2-9/h1-7,14,18-19H,8H2. The number of aliphatic hydroxyl groups is 1. The van der Waals surface area contributed by atoms with Crippen LogP contribution in [-0.4, -0.2) is 11.7 Å². The zero-order chi connectivity index (χ0) is 13.8. The number of hydrogen-bond acceptors (Lipinski definition) is 2. The number of anilines is 1. The molecule has 0 saturated heterocycles. The van der Waals surface area contributed by atoms with Gasteiger partial charge in [0.1, 0.15) is 11.6 Å². The molecule has 0 spiro atoms. The molecule has 0 aliphatic heterocycles. The average Bonchev–Trinajstić information content (AvgIpc) is 2.40. The second kappa shape index (κ2) is 5.99. The lowest BCUT2D eigenvalue weighted by Gasteiger charge is -2.13. The smallest absolute Gasteiger partial charge is 0.146 e. The lowest BCUT2D eigenvalue weighted by atomic mass is 10.1. The molecular formula is C14H12ClF2NO. The van der Waals surface area contributed by atoms with Crippen LogP contribution in [0.4, 0.5) is 14.5 Å². The summed E-state index contributed by atoms with van der Waals surface area (Å²) >= 11 is 5.76. The molecule has 2 nitrogen and oxygen atoms in total. The predicted molar refractivity (Wildman–Crippen MR) is 71.3 cm³/mol. The second-order valence-corrected chi connectivity index (χ2v) is 4.51. The van der Waals surface area contributed by atoms with Gasteiger partial charge in [-0.15, -0.1) is 0 Å². The molecule has 0 fully saturated rings. The molecule has 1 atom stereocenters. The van der Waals surface area contributed by atoms with Gasteiger partial charge in [-0.1, -0.05) is 23.7 Å². The summed E-state index contributed by atoms with van der Waals surface area (Å²) in [6, 6.07) is 9.62. The summed E-state index contributed by atoms with van der Waals surface area (Å²) in [7, 11) is 0. The minimum Gasteiger partial charge on any atom is -0.387 e. The first-order valence-electron chi connectivity index (χ1n) is 5.69. The predicted octanol–water partition coefficient (Wildman–Crippen LogP) is 3.76. The molecule has 0 amide bonds. The van der Waals surface area contributed by atoms with Crippen LogP contribution in [0.15, 0.2) is 42.5 Å². The maximum absolute atomic E-state index is 13.4. The topological polar surface area (TPSA) is 32.3 Å². The summed E-state index contributed by atoms with van der Waals surface area (Å²) in [5, 5.41) is 13.1. The van der Waals surface area contributed by atoms with E-state index < -0.39 is 11.9 Å². The monoisotopic (exact) mass is 283 g/mol. The molecule has 2 aromatic carbocycles. The van der Waals surface area contributed by atoms with Crippen molar-refractivity contribution in [3.63, 3.8) is 0 Å². The SMILES string of the molecule is OC(CNc1cc(Cl)ccc1F)c1ccc(F)cc1. The fourth-order valence-electron chi connectivity index (χ4n) is 1.64. The van der Waals surface area contributed by atoms with Crippen molar-refractivity contribution in [3.05, 3.63) is 64.7 Å². The molecule has 19 heavy (non-hydrogen) atoms. The number of aliphatic hydroxyl groups excluding tert-OH is 1. The van der Waals surface area contributed by atoms with E-state index in [0.29, 0.717) is 10.6 Å². The van der Waals surface area contributed by atoms with Crippen LogP contribution in [0.3, 0.4) is 0 Å². The molecule has 100 valence electrons. The lowest BCUT2D eigenvalue weighted by Crippen LogP contribution is -2.13. The summed E-state index contributed by atoms with van der Waals surface area (Å²) in [5.41, 5.74) is 0.769. The first-order chi connectivity index (χ1) is 9.06. The summed E-state index contributed by atoms with van der Waals surface area (Å²) < 4.78 is 26.2.